The number of hydrogen-bond donors (Lipinski definition) is 0. The van der Waals surface area contributed by atoms with E-state index in [-0.39, 0.29) is 5.91 Å². The molecule has 7 heteroatoms. The van der Waals surface area contributed by atoms with E-state index in [0.29, 0.717) is 9.90 Å². The van der Waals surface area contributed by atoms with Gasteiger partial charge in [0.25, 0.3) is 5.91 Å². The first-order valence-electron chi connectivity index (χ1n) is 8.14. The van der Waals surface area contributed by atoms with Crippen molar-refractivity contribution in [3.05, 3.63) is 74.9 Å². The Labute approximate surface area is 170 Å². The number of carbonyl (C=O) groups excluding carboxylic acids is 1. The lowest BCUT2D eigenvalue weighted by atomic mass is 10.1. The Bertz CT molecular complexity index is 1060. The number of thiophene rings is 1. The molecule has 0 fully saturated rings. The molecule has 0 bridgehead atoms. The summed E-state index contributed by atoms with van der Waals surface area (Å²) in [5.74, 6) is -0.219. The van der Waals surface area contributed by atoms with E-state index in [2.05, 4.69) is 12.1 Å². The molecule has 2 aromatic carbocycles. The van der Waals surface area contributed by atoms with Gasteiger partial charge in [-0.1, -0.05) is 41.6 Å². The normalized spacial score (nSPS) is 12.6. The van der Waals surface area contributed by atoms with E-state index in [1.165, 1.54) is 23.5 Å². The monoisotopic (exact) mass is 414 g/mol. The molecule has 0 saturated carbocycles. The van der Waals surface area contributed by atoms with Crippen LogP contribution in [0.25, 0.3) is 0 Å². The number of nitrogens with zero attached hydrogens (tertiary/aromatic N) is 2. The molecular formula is C20H15ClN2O2S2. The summed E-state index contributed by atoms with van der Waals surface area (Å²) in [5, 5.41) is 1.20. The second kappa shape index (κ2) is 7.48. The first-order chi connectivity index (χ1) is 13.1. The van der Waals surface area contributed by atoms with E-state index in [4.69, 9.17) is 21.4 Å². The van der Waals surface area contributed by atoms with Crippen molar-refractivity contribution >= 4 is 52.0 Å². The molecule has 0 spiro atoms. The van der Waals surface area contributed by atoms with Crippen molar-refractivity contribution in [2.75, 3.05) is 14.2 Å². The molecule has 0 radical (unpaired) electrons. The quantitative estimate of drug-likeness (QED) is 0.405. The summed E-state index contributed by atoms with van der Waals surface area (Å²) < 4.78 is 0.716. The highest BCUT2D eigenvalue weighted by Crippen LogP contribution is 2.42. The molecule has 1 aliphatic heterocycles. The van der Waals surface area contributed by atoms with Gasteiger partial charge in [0.2, 0.25) is 0 Å². The number of aliphatic imine (C=N–C) groups is 1. The summed E-state index contributed by atoms with van der Waals surface area (Å²) in [5.41, 5.74) is 3.19. The van der Waals surface area contributed by atoms with Gasteiger partial charge in [0.05, 0.1) is 27.7 Å². The summed E-state index contributed by atoms with van der Waals surface area (Å²) in [6, 6.07) is 17.6. The van der Waals surface area contributed by atoms with E-state index in [1.807, 2.05) is 30.3 Å². The van der Waals surface area contributed by atoms with Crippen molar-refractivity contribution in [2.24, 2.45) is 4.99 Å². The Morgan fingerprint density at radius 3 is 2.67 bits per heavy atom. The van der Waals surface area contributed by atoms with Crippen LogP contribution in [-0.2, 0) is 4.84 Å². The van der Waals surface area contributed by atoms with Gasteiger partial charge < -0.3 is 0 Å². The van der Waals surface area contributed by atoms with Crippen LogP contribution in [0.3, 0.4) is 0 Å². The predicted octanol–water partition coefficient (Wildman–Crippen LogP) is 5.67. The summed E-state index contributed by atoms with van der Waals surface area (Å²) in [7, 11) is 3.05. The molecule has 1 amide bonds. The minimum atomic E-state index is -0.219. The number of hydroxylamine groups is 2. The van der Waals surface area contributed by atoms with E-state index in [0.717, 1.165) is 31.6 Å². The highest BCUT2D eigenvalue weighted by atomic mass is 35.5. The molecule has 2 heterocycles. The highest BCUT2D eigenvalue weighted by Gasteiger charge is 2.21. The Hall–Kier alpha value is -2.12. The lowest BCUT2D eigenvalue weighted by Crippen LogP contribution is -2.25. The molecular weight excluding hydrogens is 400 g/mol. The number of amides is 1. The van der Waals surface area contributed by atoms with Crippen molar-refractivity contribution in [3.8, 4) is 0 Å². The van der Waals surface area contributed by atoms with Crippen LogP contribution in [0.1, 0.15) is 20.8 Å². The molecule has 1 aromatic heterocycles. The molecule has 4 rings (SSSR count). The van der Waals surface area contributed by atoms with Crippen LogP contribution in [0.2, 0.25) is 4.34 Å². The fourth-order valence-electron chi connectivity index (χ4n) is 2.77. The zero-order valence-electron chi connectivity index (χ0n) is 14.6. The lowest BCUT2D eigenvalue weighted by Gasteiger charge is -2.14. The first-order valence-corrected chi connectivity index (χ1v) is 10.2. The van der Waals surface area contributed by atoms with Crippen LogP contribution < -0.4 is 0 Å². The molecule has 0 N–H and O–H groups in total. The van der Waals surface area contributed by atoms with Gasteiger partial charge >= 0.3 is 0 Å². The number of carbonyl (C=O) groups is 1. The van der Waals surface area contributed by atoms with E-state index in [9.17, 15) is 4.79 Å². The Kier molecular flexibility index (Phi) is 5.06. The topological polar surface area (TPSA) is 41.9 Å². The molecule has 27 heavy (non-hydrogen) atoms. The summed E-state index contributed by atoms with van der Waals surface area (Å²) >= 11 is 9.29. The second-order valence-electron chi connectivity index (χ2n) is 5.83. The maximum Gasteiger partial charge on any atom is 0.277 e. The van der Waals surface area contributed by atoms with Crippen molar-refractivity contribution in [1.29, 1.82) is 0 Å². The van der Waals surface area contributed by atoms with Crippen LogP contribution in [0.15, 0.2) is 69.4 Å². The molecule has 1 aliphatic rings. The van der Waals surface area contributed by atoms with Gasteiger partial charge in [-0.15, -0.1) is 11.3 Å². The number of fused-ring (bicyclic) bond motifs is 2. The van der Waals surface area contributed by atoms with Crippen molar-refractivity contribution in [3.63, 3.8) is 0 Å². The molecule has 0 atom stereocenters. The fourth-order valence-corrected chi connectivity index (χ4v) is 4.82. The van der Waals surface area contributed by atoms with Crippen LogP contribution in [0.5, 0.6) is 0 Å². The zero-order valence-corrected chi connectivity index (χ0v) is 17.0. The SMILES string of the molecule is CON(C)C(=O)c1ccc2c(c1)N=C(c1ccc(Cl)s1)c1ccccc1S2. The van der Waals surface area contributed by atoms with Crippen LogP contribution >= 0.6 is 34.7 Å². The lowest BCUT2D eigenvalue weighted by molar-refractivity contribution is -0.0756. The maximum absolute atomic E-state index is 12.5. The fraction of sp³-hybridized carbons (Fsp3) is 0.100. The number of halogens is 1. The third kappa shape index (κ3) is 3.53. The summed E-state index contributed by atoms with van der Waals surface area (Å²) in [4.78, 5) is 25.5. The van der Waals surface area contributed by atoms with Crippen molar-refractivity contribution in [1.82, 2.24) is 5.06 Å². The molecule has 136 valence electrons. The minimum absolute atomic E-state index is 0.219. The summed E-state index contributed by atoms with van der Waals surface area (Å²) in [6.07, 6.45) is 0. The predicted molar refractivity (Wildman–Crippen MR) is 111 cm³/mol. The second-order valence-corrected chi connectivity index (χ2v) is 8.63. The maximum atomic E-state index is 12.5. The standard InChI is InChI=1S/C20H15ClN2O2S2/c1-23(25-2)20(24)12-7-8-16-14(11-12)22-19(17-9-10-18(21)27-17)13-5-3-4-6-15(13)26-16/h3-11H,1-2H3. The van der Waals surface area contributed by atoms with Gasteiger partial charge in [-0.2, -0.15) is 0 Å². The van der Waals surface area contributed by atoms with Crippen molar-refractivity contribution in [2.45, 2.75) is 9.79 Å². The Balaban J connectivity index is 1.88. The Morgan fingerprint density at radius 1 is 1.11 bits per heavy atom. The van der Waals surface area contributed by atoms with Crippen molar-refractivity contribution < 1.29 is 9.63 Å². The van der Waals surface area contributed by atoms with Gasteiger partial charge in [0.1, 0.15) is 0 Å². The van der Waals surface area contributed by atoms with Gasteiger partial charge in [0.15, 0.2) is 0 Å². The number of hydrogen-bond acceptors (Lipinski definition) is 5. The van der Waals surface area contributed by atoms with Crippen LogP contribution in [0.4, 0.5) is 5.69 Å². The third-order valence-corrected chi connectivity index (χ3v) is 6.55. The van der Waals surface area contributed by atoms with Gasteiger partial charge in [-0.05, 0) is 36.4 Å². The molecule has 0 saturated heterocycles. The molecule has 0 aliphatic carbocycles. The smallest absolute Gasteiger partial charge is 0.274 e. The number of benzene rings is 2. The molecule has 0 unspecified atom stereocenters. The third-order valence-electron chi connectivity index (χ3n) is 4.17. The first kappa shape index (κ1) is 18.3. The summed E-state index contributed by atoms with van der Waals surface area (Å²) in [6.45, 7) is 0. The van der Waals surface area contributed by atoms with E-state index < -0.39 is 0 Å². The number of rotatable bonds is 3. The van der Waals surface area contributed by atoms with Crippen LogP contribution in [-0.4, -0.2) is 30.8 Å². The highest BCUT2D eigenvalue weighted by molar-refractivity contribution is 7.99. The van der Waals surface area contributed by atoms with Gasteiger partial charge in [0, 0.05) is 28.0 Å². The average Bonchev–Trinajstić information content (AvgIpc) is 3.04. The largest absolute Gasteiger partial charge is 0.277 e. The minimum Gasteiger partial charge on any atom is -0.274 e. The molecule has 4 nitrogen and oxygen atoms in total. The Morgan fingerprint density at radius 2 is 1.93 bits per heavy atom. The van der Waals surface area contributed by atoms with Gasteiger partial charge in [-0.25, -0.2) is 10.1 Å². The molecule has 3 aromatic rings. The zero-order chi connectivity index (χ0) is 19.0. The van der Waals surface area contributed by atoms with Crippen LogP contribution in [0, 0.1) is 0 Å². The van der Waals surface area contributed by atoms with E-state index >= 15 is 0 Å². The van der Waals surface area contributed by atoms with Gasteiger partial charge in [-0.3, -0.25) is 9.63 Å². The average molecular weight is 415 g/mol. The van der Waals surface area contributed by atoms with E-state index in [1.54, 1.807) is 30.9 Å².